The molecule has 0 amide bonds. The molecule has 0 fully saturated rings. The molecule has 0 spiro atoms. The summed E-state index contributed by atoms with van der Waals surface area (Å²) in [5.74, 6) is 2.79. The minimum absolute atomic E-state index is 0.0425. The Hall–Kier alpha value is -4.62. The van der Waals surface area contributed by atoms with Crippen LogP contribution in [0.5, 0.6) is 23.0 Å². The molecule has 2 aromatic carbocycles. The fourth-order valence-electron chi connectivity index (χ4n) is 6.02. The molecule has 226 valence electrons. The first-order valence-electron chi connectivity index (χ1n) is 14.0. The van der Waals surface area contributed by atoms with E-state index in [2.05, 4.69) is 33.8 Å². The lowest BCUT2D eigenvalue weighted by atomic mass is 9.82. The van der Waals surface area contributed by atoms with Gasteiger partial charge in [-0.2, -0.15) is 0 Å². The highest BCUT2D eigenvalue weighted by Crippen LogP contribution is 2.47. The maximum absolute atomic E-state index is 11.4. The van der Waals surface area contributed by atoms with E-state index < -0.39 is 11.0 Å². The van der Waals surface area contributed by atoms with Crippen LogP contribution in [0.2, 0.25) is 0 Å². The molecule has 3 aliphatic heterocycles. The topological polar surface area (TPSA) is 143 Å². The zero-order valence-electron chi connectivity index (χ0n) is 24.0. The summed E-state index contributed by atoms with van der Waals surface area (Å²) in [4.78, 5) is 22.6. The first-order valence-corrected chi connectivity index (χ1v) is 14.0. The lowest BCUT2D eigenvalue weighted by Crippen LogP contribution is -2.40. The van der Waals surface area contributed by atoms with Crippen LogP contribution in [0, 0.1) is 17.0 Å². The van der Waals surface area contributed by atoms with Gasteiger partial charge in [-0.1, -0.05) is 17.8 Å². The maximum Gasteiger partial charge on any atom is 0.342 e. The molecule has 0 bridgehead atoms. The average Bonchev–Trinajstić information content (AvgIpc) is 3.62. The standard InChI is InChI=1S/C30H33N5O8/c1-4-7-43-32-12-20-9-28(39-3)30(40-16-21(36)14-34-18(2)31-13-29(34)35(37)38)24-15-33-6-5-19-8-26-27(42-17-41-26)11-23(19)25(33)10-22(20)24/h4,8-9,11-13,21,25,36H,1,5-7,10,14-17H2,2-3H3/b32-12+. The number of nitrogens with zero attached hydrogens (tertiary/aromatic N) is 5. The molecule has 13 nitrogen and oxygen atoms in total. The van der Waals surface area contributed by atoms with Crippen molar-refractivity contribution in [2.24, 2.45) is 5.16 Å². The molecular weight excluding hydrogens is 558 g/mol. The molecule has 1 N–H and O–H groups in total. The number of hydrogen-bond acceptors (Lipinski definition) is 11. The molecule has 0 aliphatic carbocycles. The number of fused-ring (bicyclic) bond motifs is 5. The highest BCUT2D eigenvalue weighted by Gasteiger charge is 2.37. The molecule has 3 aromatic rings. The largest absolute Gasteiger partial charge is 0.493 e. The molecule has 4 heterocycles. The van der Waals surface area contributed by atoms with E-state index in [0.29, 0.717) is 30.3 Å². The number of hydrogen-bond donors (Lipinski definition) is 1. The fraction of sp³-hybridized carbons (Fsp3) is 0.400. The SMILES string of the molecule is C=CCO/N=C/c1cc(OC)c(OCC(O)Cn2c([N+](=O)[O-])cnc2C)c2c1CC1c3cc4c(cc3CCN1C2)OCO4. The van der Waals surface area contributed by atoms with Crippen molar-refractivity contribution < 1.29 is 33.8 Å². The smallest absolute Gasteiger partial charge is 0.342 e. The summed E-state index contributed by atoms with van der Waals surface area (Å²) >= 11 is 0. The van der Waals surface area contributed by atoms with Gasteiger partial charge in [-0.25, -0.2) is 9.55 Å². The van der Waals surface area contributed by atoms with Gasteiger partial charge in [0.25, 0.3) is 0 Å². The Bertz CT molecular complexity index is 1590. The summed E-state index contributed by atoms with van der Waals surface area (Å²) in [6, 6.07) is 6.13. The average molecular weight is 592 g/mol. The van der Waals surface area contributed by atoms with Gasteiger partial charge in [-0.05, 0) is 52.7 Å². The Morgan fingerprint density at radius 2 is 2.12 bits per heavy atom. The molecule has 13 heteroatoms. The number of aliphatic hydroxyl groups excluding tert-OH is 1. The van der Waals surface area contributed by atoms with Crippen LogP contribution in [-0.2, 0) is 30.8 Å². The van der Waals surface area contributed by atoms with Gasteiger partial charge in [0, 0.05) is 37.2 Å². The molecule has 2 unspecified atom stereocenters. The first-order chi connectivity index (χ1) is 20.9. The second kappa shape index (κ2) is 11.9. The van der Waals surface area contributed by atoms with Gasteiger partial charge in [-0.15, -0.1) is 0 Å². The molecule has 0 radical (unpaired) electrons. The number of rotatable bonds is 11. The van der Waals surface area contributed by atoms with Gasteiger partial charge in [0.1, 0.15) is 32.1 Å². The zero-order chi connectivity index (χ0) is 30.1. The van der Waals surface area contributed by atoms with Gasteiger partial charge in [-0.3, -0.25) is 4.90 Å². The van der Waals surface area contributed by atoms with Crippen LogP contribution >= 0.6 is 0 Å². The molecule has 2 atom stereocenters. The summed E-state index contributed by atoms with van der Waals surface area (Å²) in [6.07, 6.45) is 4.97. The highest BCUT2D eigenvalue weighted by molar-refractivity contribution is 5.84. The number of oxime groups is 1. The molecule has 0 saturated heterocycles. The number of methoxy groups -OCH3 is 1. The van der Waals surface area contributed by atoms with Gasteiger partial charge in [0.15, 0.2) is 28.8 Å². The molecule has 6 rings (SSSR count). The fourth-order valence-corrected chi connectivity index (χ4v) is 6.02. The van der Waals surface area contributed by atoms with Gasteiger partial charge >= 0.3 is 5.82 Å². The number of ether oxygens (including phenoxy) is 4. The van der Waals surface area contributed by atoms with E-state index in [-0.39, 0.29) is 38.4 Å². The number of benzene rings is 2. The summed E-state index contributed by atoms with van der Waals surface area (Å²) in [5, 5.41) is 26.4. The third-order valence-electron chi connectivity index (χ3n) is 8.07. The van der Waals surface area contributed by atoms with Gasteiger partial charge < -0.3 is 39.0 Å². The third-order valence-corrected chi connectivity index (χ3v) is 8.07. The predicted octanol–water partition coefficient (Wildman–Crippen LogP) is 3.47. The van der Waals surface area contributed by atoms with Crippen molar-refractivity contribution in [2.75, 3.05) is 33.7 Å². The van der Waals surface area contributed by atoms with Crippen molar-refractivity contribution in [3.05, 3.63) is 80.8 Å². The van der Waals surface area contributed by atoms with Crippen molar-refractivity contribution in [3.8, 4) is 23.0 Å². The van der Waals surface area contributed by atoms with Crippen LogP contribution in [-0.4, -0.2) is 70.5 Å². The van der Waals surface area contributed by atoms with Crippen molar-refractivity contribution in [1.82, 2.24) is 14.5 Å². The Morgan fingerprint density at radius 1 is 1.30 bits per heavy atom. The Morgan fingerprint density at radius 3 is 2.88 bits per heavy atom. The van der Waals surface area contributed by atoms with Crippen molar-refractivity contribution >= 4 is 12.0 Å². The van der Waals surface area contributed by atoms with Crippen molar-refractivity contribution in [1.29, 1.82) is 0 Å². The van der Waals surface area contributed by atoms with Gasteiger partial charge in [0.05, 0.1) is 13.3 Å². The molecule has 1 aromatic heterocycles. The second-order valence-electron chi connectivity index (χ2n) is 10.6. The lowest BCUT2D eigenvalue weighted by Gasteiger charge is -2.42. The minimum atomic E-state index is -1.04. The summed E-state index contributed by atoms with van der Waals surface area (Å²) in [6.45, 7) is 7.09. The van der Waals surface area contributed by atoms with Crippen LogP contribution in [0.25, 0.3) is 0 Å². The van der Waals surface area contributed by atoms with E-state index in [1.807, 2.05) is 6.07 Å². The van der Waals surface area contributed by atoms with Crippen molar-refractivity contribution in [2.45, 2.75) is 45.0 Å². The van der Waals surface area contributed by atoms with E-state index >= 15 is 0 Å². The molecule has 3 aliphatic rings. The molecule has 0 saturated carbocycles. The minimum Gasteiger partial charge on any atom is -0.493 e. The molecule has 43 heavy (non-hydrogen) atoms. The Kier molecular flexibility index (Phi) is 7.91. The van der Waals surface area contributed by atoms with Crippen LogP contribution in [0.4, 0.5) is 5.82 Å². The second-order valence-corrected chi connectivity index (χ2v) is 10.6. The predicted molar refractivity (Wildman–Crippen MR) is 155 cm³/mol. The van der Waals surface area contributed by atoms with Crippen molar-refractivity contribution in [3.63, 3.8) is 0 Å². The summed E-state index contributed by atoms with van der Waals surface area (Å²) in [5.41, 5.74) is 5.25. The Balaban J connectivity index is 1.32. The summed E-state index contributed by atoms with van der Waals surface area (Å²) in [7, 11) is 1.56. The molecular formula is C30H33N5O8. The normalized spacial score (nSPS) is 17.6. The highest BCUT2D eigenvalue weighted by atomic mass is 16.7. The summed E-state index contributed by atoms with van der Waals surface area (Å²) < 4.78 is 24.7. The maximum atomic E-state index is 11.4. The monoisotopic (exact) mass is 591 g/mol. The third kappa shape index (κ3) is 5.48. The van der Waals surface area contributed by atoms with Gasteiger partial charge in [0.2, 0.25) is 6.79 Å². The van der Waals surface area contributed by atoms with E-state index in [1.165, 1.54) is 21.9 Å². The van der Waals surface area contributed by atoms with E-state index in [9.17, 15) is 15.2 Å². The quantitative estimate of drug-likeness (QED) is 0.116. The van der Waals surface area contributed by atoms with E-state index in [1.54, 1.807) is 26.3 Å². The van der Waals surface area contributed by atoms with Crippen LogP contribution < -0.4 is 18.9 Å². The zero-order valence-corrected chi connectivity index (χ0v) is 24.0. The number of aryl methyl sites for hydroxylation is 1. The first kappa shape index (κ1) is 28.5. The lowest BCUT2D eigenvalue weighted by molar-refractivity contribution is -0.392. The number of aliphatic hydroxyl groups is 1. The number of nitro groups is 1. The number of imidazole rings is 1. The van der Waals surface area contributed by atoms with Crippen LogP contribution in [0.1, 0.15) is 39.7 Å². The Labute approximate surface area is 248 Å². The van der Waals surface area contributed by atoms with Crippen LogP contribution in [0.15, 0.2) is 42.2 Å². The number of aromatic nitrogens is 2. The van der Waals surface area contributed by atoms with E-state index in [4.69, 9.17) is 23.8 Å². The van der Waals surface area contributed by atoms with E-state index in [0.717, 1.165) is 41.2 Å². The van der Waals surface area contributed by atoms with Crippen LogP contribution in [0.3, 0.4) is 0 Å².